The van der Waals surface area contributed by atoms with E-state index < -0.39 is 0 Å². The Morgan fingerprint density at radius 1 is 1.38 bits per heavy atom. The summed E-state index contributed by atoms with van der Waals surface area (Å²) >= 11 is 5.80. The summed E-state index contributed by atoms with van der Waals surface area (Å²) in [4.78, 5) is 0. The molecule has 2 rings (SSSR count). The number of nitriles is 1. The molecular formula is C10H8ClNO. The Morgan fingerprint density at radius 3 is 2.77 bits per heavy atom. The van der Waals surface area contributed by atoms with Crippen LogP contribution in [0.2, 0.25) is 5.02 Å². The van der Waals surface area contributed by atoms with Crippen LogP contribution in [0, 0.1) is 11.3 Å². The number of nitrogens with zero attached hydrogens (tertiary/aromatic N) is 1. The second-order valence-corrected chi connectivity index (χ2v) is 3.54. The molecule has 0 N–H and O–H groups in total. The maximum atomic E-state index is 8.67. The first-order chi connectivity index (χ1) is 6.28. The first kappa shape index (κ1) is 8.40. The predicted molar refractivity (Wildman–Crippen MR) is 49.8 cm³/mol. The van der Waals surface area contributed by atoms with E-state index in [1.54, 1.807) is 18.2 Å². The van der Waals surface area contributed by atoms with Gasteiger partial charge in [0.2, 0.25) is 0 Å². The number of hydrogen-bond acceptors (Lipinski definition) is 2. The molecule has 0 aromatic heterocycles. The zero-order chi connectivity index (χ0) is 9.26. The summed E-state index contributed by atoms with van der Waals surface area (Å²) < 4.78 is 5.51. The average molecular weight is 194 g/mol. The highest BCUT2D eigenvalue weighted by molar-refractivity contribution is 6.30. The largest absolute Gasteiger partial charge is 0.490 e. The molecule has 0 aliphatic heterocycles. The number of rotatable bonds is 2. The smallest absolute Gasteiger partial charge is 0.122 e. The van der Waals surface area contributed by atoms with Gasteiger partial charge in [0.1, 0.15) is 5.75 Å². The third-order valence-corrected chi connectivity index (χ3v) is 2.05. The first-order valence-electron chi connectivity index (χ1n) is 4.15. The Hall–Kier alpha value is -1.20. The zero-order valence-electron chi connectivity index (χ0n) is 6.96. The summed E-state index contributed by atoms with van der Waals surface area (Å²) in [6, 6.07) is 7.11. The first-order valence-corrected chi connectivity index (χ1v) is 4.53. The highest BCUT2D eigenvalue weighted by atomic mass is 35.5. The molecule has 2 nitrogen and oxygen atoms in total. The van der Waals surface area contributed by atoms with E-state index in [2.05, 4.69) is 0 Å². The normalized spacial score (nSPS) is 15.1. The number of halogens is 1. The molecule has 1 saturated carbocycles. The molecule has 0 bridgehead atoms. The van der Waals surface area contributed by atoms with Crippen LogP contribution in [0.15, 0.2) is 18.2 Å². The number of hydrogen-bond donors (Lipinski definition) is 0. The van der Waals surface area contributed by atoms with E-state index in [9.17, 15) is 0 Å². The minimum atomic E-state index is 0.338. The van der Waals surface area contributed by atoms with E-state index in [0.717, 1.165) is 12.8 Å². The van der Waals surface area contributed by atoms with Crippen LogP contribution in [-0.4, -0.2) is 6.10 Å². The summed E-state index contributed by atoms with van der Waals surface area (Å²) in [6.45, 7) is 0. The molecule has 66 valence electrons. The predicted octanol–water partition coefficient (Wildman–Crippen LogP) is 2.75. The van der Waals surface area contributed by atoms with Crippen molar-refractivity contribution >= 4 is 11.6 Å². The fourth-order valence-electron chi connectivity index (χ4n) is 1.07. The molecule has 0 spiro atoms. The highest BCUT2D eigenvalue weighted by Gasteiger charge is 2.23. The van der Waals surface area contributed by atoms with Crippen molar-refractivity contribution in [2.75, 3.05) is 0 Å². The van der Waals surface area contributed by atoms with E-state index in [0.29, 0.717) is 22.4 Å². The maximum Gasteiger partial charge on any atom is 0.122 e. The Labute approximate surface area is 81.7 Å². The topological polar surface area (TPSA) is 33.0 Å². The lowest BCUT2D eigenvalue weighted by atomic mass is 10.2. The van der Waals surface area contributed by atoms with Crippen molar-refractivity contribution in [2.24, 2.45) is 0 Å². The van der Waals surface area contributed by atoms with Gasteiger partial charge in [-0.25, -0.2) is 0 Å². The molecular weight excluding hydrogens is 186 g/mol. The molecule has 0 radical (unpaired) electrons. The molecule has 3 heteroatoms. The average Bonchev–Trinajstić information content (AvgIpc) is 2.87. The number of benzene rings is 1. The second kappa shape index (κ2) is 3.27. The monoisotopic (exact) mass is 193 g/mol. The van der Waals surface area contributed by atoms with Crippen LogP contribution >= 0.6 is 11.6 Å². The minimum Gasteiger partial charge on any atom is -0.490 e. The van der Waals surface area contributed by atoms with Crippen molar-refractivity contribution in [1.82, 2.24) is 0 Å². The number of ether oxygens (including phenoxy) is 1. The highest BCUT2D eigenvalue weighted by Crippen LogP contribution is 2.29. The van der Waals surface area contributed by atoms with Crippen LogP contribution in [0.1, 0.15) is 18.4 Å². The lowest BCUT2D eigenvalue weighted by molar-refractivity contribution is 0.303. The van der Waals surface area contributed by atoms with Crippen molar-refractivity contribution in [3.8, 4) is 11.8 Å². The second-order valence-electron chi connectivity index (χ2n) is 3.10. The van der Waals surface area contributed by atoms with Gasteiger partial charge >= 0.3 is 0 Å². The molecule has 0 unspecified atom stereocenters. The lowest BCUT2D eigenvalue weighted by Crippen LogP contribution is -1.95. The quantitative estimate of drug-likeness (QED) is 0.724. The fourth-order valence-corrected chi connectivity index (χ4v) is 1.30. The third-order valence-electron chi connectivity index (χ3n) is 1.83. The van der Waals surface area contributed by atoms with E-state index in [1.165, 1.54) is 0 Å². The van der Waals surface area contributed by atoms with Crippen molar-refractivity contribution in [2.45, 2.75) is 18.9 Å². The van der Waals surface area contributed by atoms with Crippen LogP contribution in [0.25, 0.3) is 0 Å². The van der Waals surface area contributed by atoms with Gasteiger partial charge in [0.15, 0.2) is 0 Å². The summed E-state index contributed by atoms with van der Waals surface area (Å²) in [5.41, 5.74) is 0.545. The van der Waals surface area contributed by atoms with Crippen molar-refractivity contribution in [3.63, 3.8) is 0 Å². The Kier molecular flexibility index (Phi) is 2.12. The third kappa shape index (κ3) is 2.13. The summed E-state index contributed by atoms with van der Waals surface area (Å²) in [5, 5.41) is 9.22. The molecule has 0 amide bonds. The SMILES string of the molecule is N#Cc1cc(Cl)cc(OC2CC2)c1. The molecule has 0 atom stereocenters. The lowest BCUT2D eigenvalue weighted by Gasteiger charge is -2.04. The van der Waals surface area contributed by atoms with Gasteiger partial charge in [-0.2, -0.15) is 5.26 Å². The summed E-state index contributed by atoms with van der Waals surface area (Å²) in [5.74, 6) is 0.701. The van der Waals surface area contributed by atoms with Crippen LogP contribution in [-0.2, 0) is 0 Å². The maximum absolute atomic E-state index is 8.67. The van der Waals surface area contributed by atoms with Crippen molar-refractivity contribution in [1.29, 1.82) is 5.26 Å². The Bertz CT molecular complexity index is 366. The van der Waals surface area contributed by atoms with Crippen LogP contribution in [0.5, 0.6) is 5.75 Å². The van der Waals surface area contributed by atoms with Crippen molar-refractivity contribution in [3.05, 3.63) is 28.8 Å². The van der Waals surface area contributed by atoms with E-state index in [-0.39, 0.29) is 0 Å². The molecule has 1 aliphatic rings. The summed E-state index contributed by atoms with van der Waals surface area (Å²) in [7, 11) is 0. The van der Waals surface area contributed by atoms with E-state index >= 15 is 0 Å². The van der Waals surface area contributed by atoms with Gasteiger partial charge in [-0.3, -0.25) is 0 Å². The summed E-state index contributed by atoms with van der Waals surface area (Å²) in [6.07, 6.45) is 2.55. The van der Waals surface area contributed by atoms with Crippen LogP contribution in [0.3, 0.4) is 0 Å². The van der Waals surface area contributed by atoms with Crippen LogP contribution in [0.4, 0.5) is 0 Å². The molecule has 1 aliphatic carbocycles. The van der Waals surface area contributed by atoms with Gasteiger partial charge in [0.25, 0.3) is 0 Å². The molecule has 1 fully saturated rings. The molecule has 1 aromatic rings. The molecule has 1 aromatic carbocycles. The molecule has 0 heterocycles. The molecule has 0 saturated heterocycles. The van der Waals surface area contributed by atoms with Gasteiger partial charge in [0, 0.05) is 5.02 Å². The van der Waals surface area contributed by atoms with Gasteiger partial charge < -0.3 is 4.74 Å². The molecule has 13 heavy (non-hydrogen) atoms. The van der Waals surface area contributed by atoms with E-state index in [1.807, 2.05) is 6.07 Å². The standard InChI is InChI=1S/C10H8ClNO/c11-8-3-7(6-12)4-10(5-8)13-9-1-2-9/h3-5,9H,1-2H2. The Morgan fingerprint density at radius 2 is 2.15 bits per heavy atom. The van der Waals surface area contributed by atoms with Crippen LogP contribution < -0.4 is 4.74 Å². The Balaban J connectivity index is 2.24. The van der Waals surface area contributed by atoms with Gasteiger partial charge in [-0.15, -0.1) is 0 Å². The minimum absolute atomic E-state index is 0.338. The van der Waals surface area contributed by atoms with Crippen molar-refractivity contribution < 1.29 is 4.74 Å². The van der Waals surface area contributed by atoms with Gasteiger partial charge in [0.05, 0.1) is 17.7 Å². The fraction of sp³-hybridized carbons (Fsp3) is 0.300. The van der Waals surface area contributed by atoms with Gasteiger partial charge in [-0.1, -0.05) is 11.6 Å². The van der Waals surface area contributed by atoms with Gasteiger partial charge in [-0.05, 0) is 31.0 Å². The zero-order valence-corrected chi connectivity index (χ0v) is 7.71. The van der Waals surface area contributed by atoms with E-state index in [4.69, 9.17) is 21.6 Å².